The first kappa shape index (κ1) is 23.4. The van der Waals surface area contributed by atoms with E-state index in [9.17, 15) is 9.59 Å². The van der Waals surface area contributed by atoms with Gasteiger partial charge in [-0.2, -0.15) is 5.10 Å². The van der Waals surface area contributed by atoms with Crippen molar-refractivity contribution in [3.05, 3.63) is 53.3 Å². The van der Waals surface area contributed by atoms with Crippen LogP contribution in [0.2, 0.25) is 0 Å². The molecule has 0 unspecified atom stereocenters. The smallest absolute Gasteiger partial charge is 0.272 e. The minimum absolute atomic E-state index is 0.0647. The molecule has 1 N–H and O–H groups in total. The Morgan fingerprint density at radius 1 is 1.00 bits per heavy atom. The second kappa shape index (κ2) is 11.4. The van der Waals surface area contributed by atoms with Crippen LogP contribution in [0.15, 0.2) is 36.4 Å². The second-order valence-corrected chi connectivity index (χ2v) is 9.00. The molecule has 0 saturated carbocycles. The number of carbonyl (C=O) groups is 2. The van der Waals surface area contributed by atoms with E-state index in [4.69, 9.17) is 0 Å². The molecule has 4 rings (SSSR count). The third-order valence-electron chi connectivity index (χ3n) is 6.47. The van der Waals surface area contributed by atoms with E-state index >= 15 is 0 Å². The molecule has 0 spiro atoms. The summed E-state index contributed by atoms with van der Waals surface area (Å²) >= 11 is 0. The number of fused-ring (bicyclic) bond motifs is 1. The number of nitrogens with zero attached hydrogens (tertiary/aromatic N) is 5. The maximum atomic E-state index is 13.1. The van der Waals surface area contributed by atoms with Crippen LogP contribution in [0.3, 0.4) is 0 Å². The summed E-state index contributed by atoms with van der Waals surface area (Å²) in [7, 11) is 0. The van der Waals surface area contributed by atoms with E-state index in [1.165, 1.54) is 13.0 Å². The zero-order valence-electron chi connectivity index (χ0n) is 19.7. The third kappa shape index (κ3) is 6.21. The number of nitrogens with one attached hydrogen (secondary N) is 1. The van der Waals surface area contributed by atoms with Crippen molar-refractivity contribution in [2.24, 2.45) is 0 Å². The molecule has 178 valence electrons. The quantitative estimate of drug-likeness (QED) is 0.590. The van der Waals surface area contributed by atoms with Gasteiger partial charge >= 0.3 is 0 Å². The molecule has 1 aromatic heterocycles. The molecule has 33 heavy (non-hydrogen) atoms. The van der Waals surface area contributed by atoms with E-state index in [1.54, 1.807) is 10.7 Å². The lowest BCUT2D eigenvalue weighted by atomic mass is 10.2. The largest absolute Gasteiger partial charge is 0.351 e. The minimum atomic E-state index is -0.203. The fourth-order valence-corrected chi connectivity index (χ4v) is 4.65. The third-order valence-corrected chi connectivity index (χ3v) is 6.47. The molecule has 2 aliphatic rings. The monoisotopic (exact) mass is 452 g/mol. The molecular weight excluding hydrogens is 416 g/mol. The molecule has 0 bridgehead atoms. The average Bonchev–Trinajstić information content (AvgIpc) is 3.21. The van der Waals surface area contributed by atoms with Crippen molar-refractivity contribution in [2.45, 2.75) is 39.3 Å². The van der Waals surface area contributed by atoms with Gasteiger partial charge in [-0.3, -0.25) is 14.3 Å². The summed E-state index contributed by atoms with van der Waals surface area (Å²) in [5.41, 5.74) is 1.93. The second-order valence-electron chi connectivity index (χ2n) is 9.00. The van der Waals surface area contributed by atoms with Gasteiger partial charge in [-0.1, -0.05) is 37.3 Å². The lowest BCUT2D eigenvalue weighted by Gasteiger charge is -2.34. The lowest BCUT2D eigenvalue weighted by molar-refractivity contribution is 0.0745. The van der Waals surface area contributed by atoms with Crippen molar-refractivity contribution >= 4 is 11.8 Å². The van der Waals surface area contributed by atoms with Gasteiger partial charge in [0, 0.05) is 58.4 Å². The van der Waals surface area contributed by atoms with Crippen molar-refractivity contribution in [2.75, 3.05) is 52.4 Å². The SMILES string of the molecule is CCCN1CCN(CCCNC(=O)c2cc3n(n2)CCCN(Cc2ccccc2)C3=O)CC1. The highest BCUT2D eigenvalue weighted by Gasteiger charge is 2.26. The molecule has 1 aromatic carbocycles. The van der Waals surface area contributed by atoms with Gasteiger partial charge in [-0.05, 0) is 37.9 Å². The molecule has 3 heterocycles. The summed E-state index contributed by atoms with van der Waals surface area (Å²) in [5.74, 6) is -0.268. The van der Waals surface area contributed by atoms with E-state index in [1.807, 2.05) is 35.2 Å². The summed E-state index contributed by atoms with van der Waals surface area (Å²) in [6, 6.07) is 11.6. The van der Waals surface area contributed by atoms with Gasteiger partial charge < -0.3 is 20.0 Å². The van der Waals surface area contributed by atoms with Crippen molar-refractivity contribution in [1.82, 2.24) is 29.8 Å². The van der Waals surface area contributed by atoms with Gasteiger partial charge in [0.2, 0.25) is 0 Å². The van der Waals surface area contributed by atoms with Crippen LogP contribution in [0, 0.1) is 0 Å². The van der Waals surface area contributed by atoms with E-state index in [0.717, 1.165) is 51.1 Å². The summed E-state index contributed by atoms with van der Waals surface area (Å²) in [6.07, 6.45) is 2.94. The predicted molar refractivity (Wildman–Crippen MR) is 128 cm³/mol. The number of carbonyl (C=O) groups excluding carboxylic acids is 2. The van der Waals surface area contributed by atoms with Crippen molar-refractivity contribution in [1.29, 1.82) is 0 Å². The van der Waals surface area contributed by atoms with Crippen LogP contribution < -0.4 is 5.32 Å². The first-order chi connectivity index (χ1) is 16.1. The van der Waals surface area contributed by atoms with E-state index in [0.29, 0.717) is 37.6 Å². The van der Waals surface area contributed by atoms with Crippen LogP contribution in [-0.2, 0) is 13.1 Å². The van der Waals surface area contributed by atoms with Crippen LogP contribution in [-0.4, -0.2) is 88.7 Å². The average molecular weight is 453 g/mol. The Bertz CT molecular complexity index is 920. The zero-order chi connectivity index (χ0) is 23.0. The summed E-state index contributed by atoms with van der Waals surface area (Å²) in [6.45, 7) is 11.4. The Kier molecular flexibility index (Phi) is 8.12. The molecule has 8 heteroatoms. The van der Waals surface area contributed by atoms with Gasteiger partial charge in [0.25, 0.3) is 11.8 Å². The van der Waals surface area contributed by atoms with E-state index < -0.39 is 0 Å². The highest BCUT2D eigenvalue weighted by atomic mass is 16.2. The van der Waals surface area contributed by atoms with Gasteiger partial charge in [-0.15, -0.1) is 0 Å². The first-order valence-corrected chi connectivity index (χ1v) is 12.3. The van der Waals surface area contributed by atoms with Crippen LogP contribution >= 0.6 is 0 Å². The molecule has 0 aliphatic carbocycles. The molecular formula is C25H36N6O2. The van der Waals surface area contributed by atoms with Crippen LogP contribution in [0.4, 0.5) is 0 Å². The van der Waals surface area contributed by atoms with Crippen LogP contribution in [0.5, 0.6) is 0 Å². The Labute approximate surface area is 196 Å². The zero-order valence-corrected chi connectivity index (χ0v) is 19.7. The molecule has 2 amide bonds. The number of amides is 2. The van der Waals surface area contributed by atoms with Crippen LogP contribution in [0.25, 0.3) is 0 Å². The normalized spacial score (nSPS) is 17.6. The number of hydrogen-bond donors (Lipinski definition) is 1. The number of piperazine rings is 1. The highest BCUT2D eigenvalue weighted by molar-refractivity contribution is 5.98. The van der Waals surface area contributed by atoms with Gasteiger partial charge in [0.1, 0.15) is 5.69 Å². The van der Waals surface area contributed by atoms with E-state index in [2.05, 4.69) is 27.1 Å². The van der Waals surface area contributed by atoms with Crippen LogP contribution in [0.1, 0.15) is 52.7 Å². The molecule has 1 saturated heterocycles. The minimum Gasteiger partial charge on any atom is -0.351 e. The fraction of sp³-hybridized carbons (Fsp3) is 0.560. The predicted octanol–water partition coefficient (Wildman–Crippen LogP) is 2.08. The first-order valence-electron chi connectivity index (χ1n) is 12.3. The Hall–Kier alpha value is -2.71. The maximum absolute atomic E-state index is 13.1. The number of aromatic nitrogens is 2. The Balaban J connectivity index is 1.26. The fourth-order valence-electron chi connectivity index (χ4n) is 4.65. The molecule has 1 fully saturated rings. The van der Waals surface area contributed by atoms with Gasteiger partial charge in [0.05, 0.1) is 0 Å². The van der Waals surface area contributed by atoms with E-state index in [-0.39, 0.29) is 11.8 Å². The van der Waals surface area contributed by atoms with Gasteiger partial charge in [-0.25, -0.2) is 0 Å². The highest BCUT2D eigenvalue weighted by Crippen LogP contribution is 2.16. The standard InChI is InChI=1S/C25H36N6O2/c1-2-11-28-15-17-29(18-16-28)12-6-10-26-24(32)22-19-23-25(33)30(13-7-14-31(23)27-22)20-21-8-4-3-5-9-21/h3-5,8-9,19H,2,6-7,10-18,20H2,1H3,(H,26,32). The summed E-state index contributed by atoms with van der Waals surface area (Å²) in [4.78, 5) is 32.6. The summed E-state index contributed by atoms with van der Waals surface area (Å²) < 4.78 is 1.69. The topological polar surface area (TPSA) is 73.7 Å². The number of aryl methyl sites for hydroxylation is 1. The van der Waals surface area contributed by atoms with Crippen molar-refractivity contribution in [3.63, 3.8) is 0 Å². The Morgan fingerprint density at radius 3 is 2.45 bits per heavy atom. The maximum Gasteiger partial charge on any atom is 0.272 e. The molecule has 0 radical (unpaired) electrons. The summed E-state index contributed by atoms with van der Waals surface area (Å²) in [5, 5.41) is 7.42. The molecule has 8 nitrogen and oxygen atoms in total. The lowest BCUT2D eigenvalue weighted by Crippen LogP contribution is -2.47. The van der Waals surface area contributed by atoms with Gasteiger partial charge in [0.15, 0.2) is 5.69 Å². The molecule has 0 atom stereocenters. The van der Waals surface area contributed by atoms with Crippen molar-refractivity contribution < 1.29 is 9.59 Å². The number of rotatable bonds is 9. The molecule has 2 aromatic rings. The number of hydrogen-bond acceptors (Lipinski definition) is 5. The Morgan fingerprint density at radius 2 is 1.73 bits per heavy atom. The van der Waals surface area contributed by atoms with Crippen molar-refractivity contribution in [3.8, 4) is 0 Å². The molecule has 2 aliphatic heterocycles. The number of benzene rings is 1.